The molecule has 0 radical (unpaired) electrons. The van der Waals surface area contributed by atoms with Gasteiger partial charge in [-0.2, -0.15) is 0 Å². The van der Waals surface area contributed by atoms with E-state index in [1.54, 1.807) is 0 Å². The molecule has 1 aromatic carbocycles. The van der Waals surface area contributed by atoms with Gasteiger partial charge in [-0.25, -0.2) is 22.0 Å². The Balaban J connectivity index is 3.33. The van der Waals surface area contributed by atoms with Crippen molar-refractivity contribution in [2.24, 2.45) is 0 Å². The van der Waals surface area contributed by atoms with Gasteiger partial charge in [-0.3, -0.25) is 0 Å². The zero-order chi connectivity index (χ0) is 15.5. The average Bonchev–Trinajstić information content (AvgIpc) is 2.34. The maximum atomic E-state index is 13.9. The van der Waals surface area contributed by atoms with Crippen LogP contribution < -0.4 is 0 Å². The summed E-state index contributed by atoms with van der Waals surface area (Å²) in [6, 6.07) is 1.36. The first-order valence-electron chi connectivity index (χ1n) is 5.67. The minimum Gasteiger partial charge on any atom is -0.477 e. The van der Waals surface area contributed by atoms with Gasteiger partial charge in [0.2, 0.25) is 0 Å². The molecule has 1 N–H and O–H groups in total. The molecule has 0 aromatic heterocycles. The standard InChI is InChI=1S/C12H14F2O5S/c1-7(5-6-19-2)20(17,18)9-4-3-8(13)10(11(9)14)12(15)16/h3-4,7H,5-6H2,1-2H3,(H,15,16). The Morgan fingerprint density at radius 1 is 1.40 bits per heavy atom. The summed E-state index contributed by atoms with van der Waals surface area (Å²) >= 11 is 0. The zero-order valence-electron chi connectivity index (χ0n) is 10.9. The molecule has 0 bridgehead atoms. The van der Waals surface area contributed by atoms with Crippen LogP contribution in [0.3, 0.4) is 0 Å². The lowest BCUT2D eigenvalue weighted by Crippen LogP contribution is -2.22. The number of hydrogen-bond donors (Lipinski definition) is 1. The van der Waals surface area contributed by atoms with Crippen molar-refractivity contribution < 1.29 is 31.8 Å². The quantitative estimate of drug-likeness (QED) is 0.811. The van der Waals surface area contributed by atoms with Gasteiger partial charge in [0.25, 0.3) is 0 Å². The number of hydrogen-bond acceptors (Lipinski definition) is 4. The molecule has 1 atom stereocenters. The molecule has 1 unspecified atom stereocenters. The predicted molar refractivity (Wildman–Crippen MR) is 66.5 cm³/mol. The molecule has 20 heavy (non-hydrogen) atoms. The monoisotopic (exact) mass is 308 g/mol. The Bertz CT molecular complexity index is 613. The predicted octanol–water partition coefficient (Wildman–Crippen LogP) is 1.86. The third-order valence-corrected chi connectivity index (χ3v) is 5.06. The molecule has 0 spiro atoms. The number of carboxylic acids is 1. The van der Waals surface area contributed by atoms with Crippen LogP contribution in [0, 0.1) is 11.6 Å². The molecule has 112 valence electrons. The van der Waals surface area contributed by atoms with Gasteiger partial charge in [0.1, 0.15) is 16.3 Å². The van der Waals surface area contributed by atoms with Crippen LogP contribution >= 0.6 is 0 Å². The number of halogens is 2. The fraction of sp³-hybridized carbons (Fsp3) is 0.417. The molecule has 0 heterocycles. The SMILES string of the molecule is COCCC(C)S(=O)(=O)c1ccc(F)c(C(=O)O)c1F. The van der Waals surface area contributed by atoms with Crippen LogP contribution in [0.25, 0.3) is 0 Å². The first-order chi connectivity index (χ1) is 9.23. The normalized spacial score (nSPS) is 13.2. The number of carbonyl (C=O) groups is 1. The lowest BCUT2D eigenvalue weighted by molar-refractivity contribution is 0.0685. The van der Waals surface area contributed by atoms with E-state index in [9.17, 15) is 22.0 Å². The third-order valence-electron chi connectivity index (χ3n) is 2.83. The molecule has 0 aliphatic heterocycles. The van der Waals surface area contributed by atoms with Crippen molar-refractivity contribution in [2.45, 2.75) is 23.5 Å². The highest BCUT2D eigenvalue weighted by Gasteiger charge is 2.30. The summed E-state index contributed by atoms with van der Waals surface area (Å²) in [5, 5.41) is 7.74. The van der Waals surface area contributed by atoms with Crippen molar-refractivity contribution in [3.63, 3.8) is 0 Å². The van der Waals surface area contributed by atoms with E-state index >= 15 is 0 Å². The smallest absolute Gasteiger partial charge is 0.341 e. The maximum Gasteiger partial charge on any atom is 0.341 e. The summed E-state index contributed by atoms with van der Waals surface area (Å²) in [4.78, 5) is 9.95. The van der Waals surface area contributed by atoms with E-state index < -0.39 is 43.1 Å². The van der Waals surface area contributed by atoms with E-state index in [1.807, 2.05) is 0 Å². The number of aromatic carboxylic acids is 1. The summed E-state index contributed by atoms with van der Waals surface area (Å²) in [5.41, 5.74) is -1.27. The van der Waals surface area contributed by atoms with Gasteiger partial charge in [-0.1, -0.05) is 0 Å². The molecule has 0 aliphatic rings. The van der Waals surface area contributed by atoms with Crippen molar-refractivity contribution in [3.8, 4) is 0 Å². The Labute approximate surface area is 115 Å². The van der Waals surface area contributed by atoms with Gasteiger partial charge in [-0.05, 0) is 25.5 Å². The Hall–Kier alpha value is -1.54. The summed E-state index contributed by atoms with van der Waals surface area (Å²) in [6.45, 7) is 1.49. The Kier molecular flexibility index (Phi) is 5.18. The lowest BCUT2D eigenvalue weighted by Gasteiger charge is -2.14. The lowest BCUT2D eigenvalue weighted by atomic mass is 10.2. The van der Waals surface area contributed by atoms with Gasteiger partial charge in [0.15, 0.2) is 15.7 Å². The summed E-state index contributed by atoms with van der Waals surface area (Å²) in [6.07, 6.45) is 0.109. The summed E-state index contributed by atoms with van der Waals surface area (Å²) < 4.78 is 56.2. The van der Waals surface area contributed by atoms with E-state index in [1.165, 1.54) is 14.0 Å². The van der Waals surface area contributed by atoms with Gasteiger partial charge < -0.3 is 9.84 Å². The fourth-order valence-corrected chi connectivity index (χ4v) is 3.05. The molecule has 0 amide bonds. The van der Waals surface area contributed by atoms with Crippen molar-refractivity contribution in [3.05, 3.63) is 29.3 Å². The van der Waals surface area contributed by atoms with Gasteiger partial charge in [-0.15, -0.1) is 0 Å². The van der Waals surface area contributed by atoms with Crippen molar-refractivity contribution in [1.29, 1.82) is 0 Å². The molecule has 0 saturated heterocycles. The number of carboxylic acid groups (broad SMARTS) is 1. The van der Waals surface area contributed by atoms with Crippen molar-refractivity contribution in [1.82, 2.24) is 0 Å². The largest absolute Gasteiger partial charge is 0.477 e. The summed E-state index contributed by atoms with van der Waals surface area (Å²) in [7, 11) is -2.71. The van der Waals surface area contributed by atoms with E-state index in [-0.39, 0.29) is 13.0 Å². The first-order valence-corrected chi connectivity index (χ1v) is 7.22. The molecule has 1 rings (SSSR count). The molecule has 0 saturated carbocycles. The van der Waals surface area contributed by atoms with Crippen LogP contribution in [-0.2, 0) is 14.6 Å². The highest BCUT2D eigenvalue weighted by atomic mass is 32.2. The van der Waals surface area contributed by atoms with Crippen molar-refractivity contribution >= 4 is 15.8 Å². The van der Waals surface area contributed by atoms with Gasteiger partial charge >= 0.3 is 5.97 Å². The topological polar surface area (TPSA) is 80.7 Å². The average molecular weight is 308 g/mol. The molecule has 1 aromatic rings. The minimum atomic E-state index is -4.10. The molecule has 0 aliphatic carbocycles. The molecular formula is C12H14F2O5S. The van der Waals surface area contributed by atoms with Gasteiger partial charge in [0.05, 0.1) is 5.25 Å². The minimum absolute atomic E-state index is 0.109. The zero-order valence-corrected chi connectivity index (χ0v) is 11.7. The van der Waals surface area contributed by atoms with E-state index in [0.717, 1.165) is 6.07 Å². The third kappa shape index (κ3) is 3.13. The number of benzene rings is 1. The van der Waals surface area contributed by atoms with Crippen LogP contribution in [0.1, 0.15) is 23.7 Å². The van der Waals surface area contributed by atoms with Crippen molar-refractivity contribution in [2.75, 3.05) is 13.7 Å². The molecule has 0 fully saturated rings. The van der Waals surface area contributed by atoms with E-state index in [4.69, 9.17) is 9.84 Å². The van der Waals surface area contributed by atoms with Crippen LogP contribution in [0.5, 0.6) is 0 Å². The van der Waals surface area contributed by atoms with Crippen LogP contribution in [0.15, 0.2) is 17.0 Å². The second-order valence-corrected chi connectivity index (χ2v) is 6.51. The fourth-order valence-electron chi connectivity index (χ4n) is 1.60. The molecule has 8 heteroatoms. The van der Waals surface area contributed by atoms with E-state index in [0.29, 0.717) is 6.07 Å². The second kappa shape index (κ2) is 6.27. The van der Waals surface area contributed by atoms with E-state index in [2.05, 4.69) is 0 Å². The molecule has 5 nitrogen and oxygen atoms in total. The Morgan fingerprint density at radius 2 is 2.00 bits per heavy atom. The van der Waals surface area contributed by atoms with Crippen LogP contribution in [0.2, 0.25) is 0 Å². The Morgan fingerprint density at radius 3 is 2.50 bits per heavy atom. The number of sulfone groups is 1. The van der Waals surface area contributed by atoms with Gasteiger partial charge in [0, 0.05) is 13.7 Å². The maximum absolute atomic E-state index is 13.9. The second-order valence-electron chi connectivity index (χ2n) is 4.18. The number of methoxy groups -OCH3 is 1. The van der Waals surface area contributed by atoms with Crippen LogP contribution in [-0.4, -0.2) is 38.5 Å². The number of rotatable bonds is 6. The number of ether oxygens (including phenoxy) is 1. The highest BCUT2D eigenvalue weighted by Crippen LogP contribution is 2.25. The first kappa shape index (κ1) is 16.5. The van der Waals surface area contributed by atoms with Crippen LogP contribution in [0.4, 0.5) is 8.78 Å². The summed E-state index contributed by atoms with van der Waals surface area (Å²) in [5.74, 6) is -4.76. The molecular weight excluding hydrogens is 294 g/mol. The highest BCUT2D eigenvalue weighted by molar-refractivity contribution is 7.92.